The van der Waals surface area contributed by atoms with Crippen molar-refractivity contribution in [3.63, 3.8) is 0 Å². The lowest BCUT2D eigenvalue weighted by Crippen LogP contribution is -2.13. The van der Waals surface area contributed by atoms with Gasteiger partial charge in [0, 0.05) is 12.7 Å². The molecule has 0 radical (unpaired) electrons. The molecule has 0 amide bonds. The molecule has 0 saturated carbocycles. The molecule has 0 bridgehead atoms. The Kier molecular flexibility index (Phi) is 4.46. The van der Waals surface area contributed by atoms with Crippen LogP contribution in [0.4, 0.5) is 5.13 Å². The minimum absolute atomic E-state index is 0.165. The lowest BCUT2D eigenvalue weighted by molar-refractivity contribution is 0.341. The van der Waals surface area contributed by atoms with Crippen LogP contribution in [0.25, 0.3) is 10.2 Å². The average Bonchev–Trinajstić information content (AvgIpc) is 3.09. The third-order valence-electron chi connectivity index (χ3n) is 3.41. The summed E-state index contributed by atoms with van der Waals surface area (Å²) < 4.78 is 35.6. The van der Waals surface area contributed by atoms with Crippen molar-refractivity contribution < 1.29 is 13.2 Å². The molecule has 0 aliphatic rings. The van der Waals surface area contributed by atoms with Gasteiger partial charge in [0.15, 0.2) is 5.13 Å². The molecule has 0 unspecified atom stereocenters. The van der Waals surface area contributed by atoms with E-state index in [-0.39, 0.29) is 4.90 Å². The van der Waals surface area contributed by atoms with Crippen LogP contribution in [0.1, 0.15) is 19.5 Å². The number of hydrogen-bond acceptors (Lipinski definition) is 6. The van der Waals surface area contributed by atoms with E-state index in [0.717, 1.165) is 16.0 Å². The van der Waals surface area contributed by atoms with Crippen LogP contribution in [-0.2, 0) is 16.6 Å². The molecule has 128 valence electrons. The number of thiazole rings is 1. The Bertz CT molecular complexity index is 976. The Hall–Kier alpha value is -2.13. The number of nitrogens with one attached hydrogen (secondary N) is 1. The number of hydrogen-bond donors (Lipinski definition) is 1. The van der Waals surface area contributed by atoms with E-state index in [1.165, 1.54) is 17.5 Å². The quantitative estimate of drug-likeness (QED) is 0.725. The van der Waals surface area contributed by atoms with Gasteiger partial charge in [-0.2, -0.15) is 5.10 Å². The summed E-state index contributed by atoms with van der Waals surface area (Å²) in [4.78, 5) is 4.49. The Morgan fingerprint density at radius 3 is 2.79 bits per heavy atom. The molecule has 1 aromatic carbocycles. The standard InChI is InChI=1S/C15H18N4O3S2/c1-4-19-9-14(10(3)17-19)24(20,21)18-15-16-12-7-6-11(22-5-2)8-13(12)23-15/h6-9H,4-5H2,1-3H3,(H,16,18). The van der Waals surface area contributed by atoms with E-state index in [2.05, 4.69) is 14.8 Å². The Balaban J connectivity index is 1.91. The molecule has 0 aliphatic carbocycles. The van der Waals surface area contributed by atoms with Gasteiger partial charge in [0.25, 0.3) is 10.0 Å². The van der Waals surface area contributed by atoms with E-state index >= 15 is 0 Å². The highest BCUT2D eigenvalue weighted by Gasteiger charge is 2.22. The summed E-state index contributed by atoms with van der Waals surface area (Å²) in [7, 11) is -3.72. The van der Waals surface area contributed by atoms with Crippen LogP contribution in [0.15, 0.2) is 29.3 Å². The fraction of sp³-hybridized carbons (Fsp3) is 0.333. The van der Waals surface area contributed by atoms with Crippen LogP contribution in [-0.4, -0.2) is 29.8 Å². The molecule has 0 atom stereocenters. The lowest BCUT2D eigenvalue weighted by Gasteiger charge is -2.02. The first-order valence-corrected chi connectivity index (χ1v) is 9.83. The first-order valence-electron chi connectivity index (χ1n) is 7.53. The van der Waals surface area contributed by atoms with Gasteiger partial charge in [-0.1, -0.05) is 11.3 Å². The third kappa shape index (κ3) is 3.22. The topological polar surface area (TPSA) is 86.1 Å². The number of rotatable bonds is 6. The van der Waals surface area contributed by atoms with Crippen molar-refractivity contribution in [1.29, 1.82) is 0 Å². The Morgan fingerprint density at radius 2 is 2.12 bits per heavy atom. The van der Waals surface area contributed by atoms with E-state index in [1.807, 2.05) is 32.0 Å². The highest BCUT2D eigenvalue weighted by Crippen LogP contribution is 2.30. The first kappa shape index (κ1) is 16.7. The van der Waals surface area contributed by atoms with Crippen molar-refractivity contribution in [2.45, 2.75) is 32.2 Å². The molecule has 0 spiro atoms. The summed E-state index contributed by atoms with van der Waals surface area (Å²) in [5, 5.41) is 4.50. The van der Waals surface area contributed by atoms with Gasteiger partial charge in [0.05, 0.1) is 22.5 Å². The molecular weight excluding hydrogens is 348 g/mol. The number of fused-ring (bicyclic) bond motifs is 1. The lowest BCUT2D eigenvalue weighted by atomic mass is 10.3. The zero-order valence-electron chi connectivity index (χ0n) is 13.6. The van der Waals surface area contributed by atoms with Crippen molar-refractivity contribution in [2.75, 3.05) is 11.3 Å². The number of ether oxygens (including phenoxy) is 1. The van der Waals surface area contributed by atoms with Gasteiger partial charge in [-0.05, 0) is 39.0 Å². The van der Waals surface area contributed by atoms with Crippen LogP contribution in [0.2, 0.25) is 0 Å². The minimum Gasteiger partial charge on any atom is -0.494 e. The highest BCUT2D eigenvalue weighted by molar-refractivity contribution is 7.93. The normalized spacial score (nSPS) is 11.8. The number of nitrogens with zero attached hydrogens (tertiary/aromatic N) is 3. The van der Waals surface area contributed by atoms with Gasteiger partial charge >= 0.3 is 0 Å². The van der Waals surface area contributed by atoms with Crippen LogP contribution in [0.3, 0.4) is 0 Å². The monoisotopic (exact) mass is 366 g/mol. The summed E-state index contributed by atoms with van der Waals surface area (Å²) in [6.07, 6.45) is 1.53. The molecule has 3 aromatic rings. The summed E-state index contributed by atoms with van der Waals surface area (Å²) in [6.45, 7) is 6.67. The summed E-state index contributed by atoms with van der Waals surface area (Å²) in [5.41, 5.74) is 1.19. The van der Waals surface area contributed by atoms with E-state index in [9.17, 15) is 8.42 Å². The predicted octanol–water partition coefficient (Wildman–Crippen LogP) is 3.02. The van der Waals surface area contributed by atoms with E-state index in [4.69, 9.17) is 4.74 Å². The largest absolute Gasteiger partial charge is 0.494 e. The molecule has 0 aliphatic heterocycles. The van der Waals surface area contributed by atoms with Gasteiger partial charge in [-0.3, -0.25) is 9.40 Å². The fourth-order valence-electron chi connectivity index (χ4n) is 2.30. The van der Waals surface area contributed by atoms with Gasteiger partial charge < -0.3 is 4.74 Å². The predicted molar refractivity (Wildman–Crippen MR) is 94.2 cm³/mol. The van der Waals surface area contributed by atoms with E-state index < -0.39 is 10.0 Å². The van der Waals surface area contributed by atoms with E-state index in [1.54, 1.807) is 11.6 Å². The average molecular weight is 366 g/mol. The molecule has 1 N–H and O–H groups in total. The maximum Gasteiger partial charge on any atom is 0.267 e. The van der Waals surface area contributed by atoms with Crippen LogP contribution >= 0.6 is 11.3 Å². The molecule has 9 heteroatoms. The number of sulfonamides is 1. The van der Waals surface area contributed by atoms with Crippen molar-refractivity contribution in [1.82, 2.24) is 14.8 Å². The minimum atomic E-state index is -3.72. The highest BCUT2D eigenvalue weighted by atomic mass is 32.2. The number of aromatic nitrogens is 3. The molecule has 2 aromatic heterocycles. The zero-order chi connectivity index (χ0) is 17.3. The van der Waals surface area contributed by atoms with Crippen molar-refractivity contribution in [3.05, 3.63) is 30.1 Å². The van der Waals surface area contributed by atoms with Gasteiger partial charge in [0.1, 0.15) is 10.6 Å². The second-order valence-corrected chi connectivity index (χ2v) is 7.80. The van der Waals surface area contributed by atoms with Gasteiger partial charge in [0.2, 0.25) is 0 Å². The molecule has 7 nitrogen and oxygen atoms in total. The van der Waals surface area contributed by atoms with Gasteiger partial charge in [-0.25, -0.2) is 13.4 Å². The molecule has 2 heterocycles. The molecule has 3 rings (SSSR count). The number of benzene rings is 1. The fourth-order valence-corrected chi connectivity index (χ4v) is 4.62. The first-order chi connectivity index (χ1) is 11.4. The molecule has 0 fully saturated rings. The second kappa shape index (κ2) is 6.40. The SMILES string of the molecule is CCOc1ccc2nc(NS(=O)(=O)c3cn(CC)nc3C)sc2c1. The Morgan fingerprint density at radius 1 is 1.33 bits per heavy atom. The van der Waals surface area contributed by atoms with Crippen LogP contribution in [0, 0.1) is 6.92 Å². The molecular formula is C15H18N4O3S2. The van der Waals surface area contributed by atoms with Crippen molar-refractivity contribution in [2.24, 2.45) is 0 Å². The van der Waals surface area contributed by atoms with Crippen LogP contribution in [0.5, 0.6) is 5.75 Å². The summed E-state index contributed by atoms with van der Waals surface area (Å²) >= 11 is 1.27. The zero-order valence-corrected chi connectivity index (χ0v) is 15.2. The molecule has 24 heavy (non-hydrogen) atoms. The maximum absolute atomic E-state index is 12.6. The number of aryl methyl sites for hydroxylation is 2. The van der Waals surface area contributed by atoms with Crippen molar-refractivity contribution in [3.8, 4) is 5.75 Å². The summed E-state index contributed by atoms with van der Waals surface area (Å²) in [5.74, 6) is 0.739. The third-order valence-corrected chi connectivity index (χ3v) is 5.91. The second-order valence-electron chi connectivity index (χ2n) is 5.12. The molecule has 0 saturated heterocycles. The van der Waals surface area contributed by atoms with Crippen molar-refractivity contribution >= 4 is 36.7 Å². The number of anilines is 1. The Labute approximate surface area is 144 Å². The smallest absolute Gasteiger partial charge is 0.267 e. The maximum atomic E-state index is 12.6. The summed E-state index contributed by atoms with van der Waals surface area (Å²) in [6, 6.07) is 5.49. The van der Waals surface area contributed by atoms with Gasteiger partial charge in [-0.15, -0.1) is 0 Å². The van der Waals surface area contributed by atoms with Crippen LogP contribution < -0.4 is 9.46 Å². The van der Waals surface area contributed by atoms with E-state index in [0.29, 0.717) is 24.0 Å².